The van der Waals surface area contributed by atoms with Crippen LogP contribution in [0.1, 0.15) is 22.3 Å². The summed E-state index contributed by atoms with van der Waals surface area (Å²) in [5, 5.41) is 5.15. The summed E-state index contributed by atoms with van der Waals surface area (Å²) in [5.74, 6) is 0. The summed E-state index contributed by atoms with van der Waals surface area (Å²) in [5.41, 5.74) is 17.8. The summed E-state index contributed by atoms with van der Waals surface area (Å²) < 4.78 is 2.64. The molecule has 1 heterocycles. The third kappa shape index (κ3) is 6.44. The van der Waals surface area contributed by atoms with Crippen molar-refractivity contribution >= 4 is 59.3 Å². The molecule has 1 nitrogen and oxygen atoms in total. The van der Waals surface area contributed by atoms with Crippen LogP contribution >= 0.6 is 11.3 Å². The third-order valence-corrected chi connectivity index (χ3v) is 15.1. The minimum atomic E-state index is -0.449. The minimum Gasteiger partial charge on any atom is -0.311 e. The van der Waals surface area contributed by atoms with Crippen molar-refractivity contribution in [3.8, 4) is 44.5 Å². The van der Waals surface area contributed by atoms with Gasteiger partial charge in [-0.05, 0) is 132 Å². The second-order valence-electron chi connectivity index (χ2n) is 17.6. The van der Waals surface area contributed by atoms with Crippen LogP contribution in [0, 0.1) is 0 Å². The normalized spacial score (nSPS) is 12.6. The molecular weight excluding hydrogens is 827 g/mol. The number of rotatable bonds is 8. The van der Waals surface area contributed by atoms with E-state index < -0.39 is 5.41 Å². The maximum absolute atomic E-state index is 2.45. The van der Waals surface area contributed by atoms with Crippen LogP contribution in [-0.4, -0.2) is 0 Å². The van der Waals surface area contributed by atoms with Crippen LogP contribution in [0.15, 0.2) is 261 Å². The quantitative estimate of drug-likeness (QED) is 0.147. The first-order valence-corrected chi connectivity index (χ1v) is 23.9. The molecule has 13 rings (SSSR count). The van der Waals surface area contributed by atoms with Gasteiger partial charge in [0.2, 0.25) is 0 Å². The van der Waals surface area contributed by atoms with E-state index in [4.69, 9.17) is 0 Å². The summed E-state index contributed by atoms with van der Waals surface area (Å²) in [6, 6.07) is 96.2. The van der Waals surface area contributed by atoms with Gasteiger partial charge in [-0.3, -0.25) is 0 Å². The highest BCUT2D eigenvalue weighted by Gasteiger charge is 2.46. The van der Waals surface area contributed by atoms with Gasteiger partial charge in [0.05, 0.1) is 5.41 Å². The highest BCUT2D eigenvalue weighted by atomic mass is 32.1. The maximum Gasteiger partial charge on any atom is 0.0713 e. The number of hydrogen-bond donors (Lipinski definition) is 0. The Balaban J connectivity index is 0.901. The minimum absolute atomic E-state index is 0.449. The molecule has 0 fully saturated rings. The van der Waals surface area contributed by atoms with Gasteiger partial charge in [0.25, 0.3) is 0 Å². The van der Waals surface area contributed by atoms with Gasteiger partial charge < -0.3 is 4.90 Å². The van der Waals surface area contributed by atoms with E-state index in [1.807, 2.05) is 11.3 Å². The first kappa shape index (κ1) is 39.1. The second kappa shape index (κ2) is 16.0. The van der Waals surface area contributed by atoms with E-state index in [2.05, 4.69) is 266 Å². The molecule has 0 bridgehead atoms. The fourth-order valence-electron chi connectivity index (χ4n) is 10.8. The lowest BCUT2D eigenvalue weighted by molar-refractivity contribution is 0.769. The molecule has 0 saturated heterocycles. The van der Waals surface area contributed by atoms with Crippen LogP contribution in [-0.2, 0) is 5.41 Å². The molecule has 0 aliphatic heterocycles. The van der Waals surface area contributed by atoms with E-state index in [9.17, 15) is 0 Å². The predicted molar refractivity (Wildman–Crippen MR) is 285 cm³/mol. The molecule has 0 atom stereocenters. The van der Waals surface area contributed by atoms with Crippen molar-refractivity contribution in [2.45, 2.75) is 5.41 Å². The molecule has 0 unspecified atom stereocenters. The Labute approximate surface area is 395 Å². The van der Waals surface area contributed by atoms with E-state index >= 15 is 0 Å². The Morgan fingerprint density at radius 2 is 0.761 bits per heavy atom. The number of fused-ring (bicyclic) bond motifs is 7. The van der Waals surface area contributed by atoms with Crippen LogP contribution < -0.4 is 4.90 Å². The largest absolute Gasteiger partial charge is 0.311 e. The molecule has 0 N–H and O–H groups in total. The van der Waals surface area contributed by atoms with Gasteiger partial charge in [-0.15, -0.1) is 11.3 Å². The van der Waals surface area contributed by atoms with Crippen molar-refractivity contribution in [3.05, 3.63) is 283 Å². The highest BCUT2D eigenvalue weighted by Crippen LogP contribution is 2.56. The number of hydrogen-bond acceptors (Lipinski definition) is 2. The average molecular weight is 870 g/mol. The van der Waals surface area contributed by atoms with Gasteiger partial charge >= 0.3 is 0 Å². The smallest absolute Gasteiger partial charge is 0.0713 e. The molecule has 0 spiro atoms. The average Bonchev–Trinajstić information content (AvgIpc) is 3.93. The summed E-state index contributed by atoms with van der Waals surface area (Å²) in [6.45, 7) is 0. The van der Waals surface area contributed by atoms with Crippen LogP contribution in [0.25, 0.3) is 75.5 Å². The standard InChI is InChI=1S/C65H43NS/c1-3-16-50(17-4-1)65(51-18-5-2-6-19-51)61-24-11-9-21-57(61)58-40-32-48(42-62(58)65)44-26-34-52(35-27-44)66(54-38-30-47(31-39-54)56-23-13-15-46-14-7-8-20-55(46)56)53-36-28-45(29-37-53)49-33-41-60-59-22-10-12-25-63(59)67-64(60)43-49/h1-43H. The highest BCUT2D eigenvalue weighted by molar-refractivity contribution is 7.25. The molecule has 0 saturated carbocycles. The number of anilines is 3. The molecule has 11 aromatic carbocycles. The molecule has 2 heteroatoms. The zero-order chi connectivity index (χ0) is 44.3. The SMILES string of the molecule is c1ccc(C2(c3ccccc3)c3ccccc3-c3ccc(-c4ccc(N(c5ccc(-c6ccc7c(c6)sc6ccccc67)cc5)c5ccc(-c6cccc7ccccc67)cc5)cc4)cc32)cc1. The molecule has 0 amide bonds. The fourth-order valence-corrected chi connectivity index (χ4v) is 12.0. The van der Waals surface area contributed by atoms with E-state index in [-0.39, 0.29) is 0 Å². The summed E-state index contributed by atoms with van der Waals surface area (Å²) in [6.07, 6.45) is 0. The van der Waals surface area contributed by atoms with Crippen molar-refractivity contribution in [2.24, 2.45) is 0 Å². The number of benzene rings is 11. The summed E-state index contributed by atoms with van der Waals surface area (Å²) in [7, 11) is 0. The molecular formula is C65H43NS. The Hall–Kier alpha value is -8.30. The van der Waals surface area contributed by atoms with Gasteiger partial charge in [-0.2, -0.15) is 0 Å². The van der Waals surface area contributed by atoms with Crippen LogP contribution in [0.2, 0.25) is 0 Å². The van der Waals surface area contributed by atoms with E-state index in [1.165, 1.54) is 97.7 Å². The van der Waals surface area contributed by atoms with Crippen molar-refractivity contribution in [1.29, 1.82) is 0 Å². The monoisotopic (exact) mass is 869 g/mol. The summed E-state index contributed by atoms with van der Waals surface area (Å²) >= 11 is 1.86. The zero-order valence-electron chi connectivity index (χ0n) is 36.7. The van der Waals surface area contributed by atoms with E-state index in [1.54, 1.807) is 0 Å². The molecule has 12 aromatic rings. The Morgan fingerprint density at radius 3 is 1.45 bits per heavy atom. The molecule has 314 valence electrons. The molecule has 1 aliphatic carbocycles. The lowest BCUT2D eigenvalue weighted by atomic mass is 9.67. The number of nitrogens with zero attached hydrogens (tertiary/aromatic N) is 1. The van der Waals surface area contributed by atoms with Crippen molar-refractivity contribution < 1.29 is 0 Å². The molecule has 1 aliphatic rings. The van der Waals surface area contributed by atoms with Crippen molar-refractivity contribution in [1.82, 2.24) is 0 Å². The van der Waals surface area contributed by atoms with Crippen molar-refractivity contribution in [2.75, 3.05) is 4.90 Å². The lowest BCUT2D eigenvalue weighted by Gasteiger charge is -2.34. The third-order valence-electron chi connectivity index (χ3n) is 14.0. The van der Waals surface area contributed by atoms with E-state index in [0.29, 0.717) is 0 Å². The van der Waals surface area contributed by atoms with Gasteiger partial charge in [0.1, 0.15) is 0 Å². The topological polar surface area (TPSA) is 3.24 Å². The second-order valence-corrected chi connectivity index (χ2v) is 18.7. The predicted octanol–water partition coefficient (Wildman–Crippen LogP) is 18.0. The first-order chi connectivity index (χ1) is 33.2. The van der Waals surface area contributed by atoms with Gasteiger partial charge in [0, 0.05) is 37.2 Å². The summed E-state index contributed by atoms with van der Waals surface area (Å²) in [4.78, 5) is 2.38. The first-order valence-electron chi connectivity index (χ1n) is 23.1. The van der Waals surface area contributed by atoms with Crippen LogP contribution in [0.3, 0.4) is 0 Å². The van der Waals surface area contributed by atoms with E-state index in [0.717, 1.165) is 17.1 Å². The van der Waals surface area contributed by atoms with Gasteiger partial charge in [0.15, 0.2) is 0 Å². The Kier molecular flexibility index (Phi) is 9.33. The Morgan fingerprint density at radius 1 is 0.284 bits per heavy atom. The molecule has 67 heavy (non-hydrogen) atoms. The lowest BCUT2D eigenvalue weighted by Crippen LogP contribution is -2.28. The maximum atomic E-state index is 2.45. The molecule has 0 radical (unpaired) electrons. The van der Waals surface area contributed by atoms with Gasteiger partial charge in [-0.1, -0.05) is 206 Å². The zero-order valence-corrected chi connectivity index (χ0v) is 37.5. The van der Waals surface area contributed by atoms with Crippen LogP contribution in [0.4, 0.5) is 17.1 Å². The fraction of sp³-hybridized carbons (Fsp3) is 0.0154. The number of thiophene rings is 1. The molecule has 1 aromatic heterocycles. The Bertz CT molecular complexity index is 3730. The van der Waals surface area contributed by atoms with Crippen LogP contribution in [0.5, 0.6) is 0 Å². The van der Waals surface area contributed by atoms with Crippen molar-refractivity contribution in [3.63, 3.8) is 0 Å². The van der Waals surface area contributed by atoms with Gasteiger partial charge in [-0.25, -0.2) is 0 Å².